The van der Waals surface area contributed by atoms with E-state index in [2.05, 4.69) is 29.4 Å². The molecule has 0 bridgehead atoms. The average Bonchev–Trinajstić information content (AvgIpc) is 2.67. The third kappa shape index (κ3) is 4.96. The number of rotatable bonds is 7. The Kier molecular flexibility index (Phi) is 6.47. The Labute approximate surface area is 154 Å². The van der Waals surface area contributed by atoms with Crippen LogP contribution in [0.1, 0.15) is 19.3 Å². The molecule has 0 saturated heterocycles. The van der Waals surface area contributed by atoms with Crippen molar-refractivity contribution >= 4 is 5.69 Å². The van der Waals surface area contributed by atoms with Crippen LogP contribution in [0, 0.1) is 5.82 Å². The number of para-hydroxylation sites is 1. The Morgan fingerprint density at radius 1 is 1.12 bits per heavy atom. The van der Waals surface area contributed by atoms with E-state index >= 15 is 0 Å². The molecular formula is C21H27FN2O2. The molecule has 0 radical (unpaired) electrons. The van der Waals surface area contributed by atoms with Crippen molar-refractivity contribution in [2.75, 3.05) is 25.0 Å². The van der Waals surface area contributed by atoms with Gasteiger partial charge >= 0.3 is 0 Å². The molecule has 3 atom stereocenters. The Morgan fingerprint density at radius 3 is 2.58 bits per heavy atom. The summed E-state index contributed by atoms with van der Waals surface area (Å²) in [6.45, 7) is 1.65. The van der Waals surface area contributed by atoms with Crippen LogP contribution < -0.4 is 15.0 Å². The van der Waals surface area contributed by atoms with E-state index in [1.54, 1.807) is 12.1 Å². The van der Waals surface area contributed by atoms with E-state index in [9.17, 15) is 9.50 Å². The molecule has 2 aromatic carbocycles. The first kappa shape index (κ1) is 18.7. The molecule has 1 fully saturated rings. The second-order valence-electron chi connectivity index (χ2n) is 6.85. The molecule has 0 amide bonds. The van der Waals surface area contributed by atoms with Crippen LogP contribution in [0.25, 0.3) is 0 Å². The van der Waals surface area contributed by atoms with Gasteiger partial charge in [0.05, 0.1) is 0 Å². The van der Waals surface area contributed by atoms with Gasteiger partial charge in [0.1, 0.15) is 23.8 Å². The fourth-order valence-electron chi connectivity index (χ4n) is 3.41. The minimum Gasteiger partial charge on any atom is -0.488 e. The number of hydrogen-bond acceptors (Lipinski definition) is 4. The molecule has 4 nitrogen and oxygen atoms in total. The maximum Gasteiger partial charge on any atom is 0.126 e. The maximum absolute atomic E-state index is 13.0. The van der Waals surface area contributed by atoms with E-state index in [-0.39, 0.29) is 18.0 Å². The van der Waals surface area contributed by atoms with Crippen LogP contribution >= 0.6 is 0 Å². The molecule has 26 heavy (non-hydrogen) atoms. The normalized spacial score (nSPS) is 22.8. The smallest absolute Gasteiger partial charge is 0.126 e. The first-order valence-corrected chi connectivity index (χ1v) is 9.23. The Bertz CT molecular complexity index is 665. The zero-order valence-corrected chi connectivity index (χ0v) is 15.1. The highest BCUT2D eigenvalue weighted by molar-refractivity contribution is 5.44. The van der Waals surface area contributed by atoms with Gasteiger partial charge in [0.2, 0.25) is 0 Å². The summed E-state index contributed by atoms with van der Waals surface area (Å²) in [7, 11) is 2.06. The van der Waals surface area contributed by atoms with Crippen molar-refractivity contribution in [2.45, 2.75) is 37.5 Å². The maximum atomic E-state index is 13.0. The van der Waals surface area contributed by atoms with E-state index in [4.69, 9.17) is 4.74 Å². The molecule has 3 rings (SSSR count). The van der Waals surface area contributed by atoms with Crippen molar-refractivity contribution in [3.05, 3.63) is 60.4 Å². The summed E-state index contributed by atoms with van der Waals surface area (Å²) in [6.07, 6.45) is 1.89. The molecule has 2 aromatic rings. The minimum absolute atomic E-state index is 0.0124. The Morgan fingerprint density at radius 2 is 1.85 bits per heavy atom. The highest BCUT2D eigenvalue weighted by Crippen LogP contribution is 2.24. The fourth-order valence-corrected chi connectivity index (χ4v) is 3.41. The van der Waals surface area contributed by atoms with Crippen LogP contribution in [0.3, 0.4) is 0 Å². The third-order valence-electron chi connectivity index (χ3n) is 4.95. The van der Waals surface area contributed by atoms with Gasteiger partial charge < -0.3 is 20.1 Å². The highest BCUT2D eigenvalue weighted by atomic mass is 19.1. The summed E-state index contributed by atoms with van der Waals surface area (Å²) in [5.74, 6) is 0.309. The summed E-state index contributed by atoms with van der Waals surface area (Å²) in [5, 5.41) is 14.1. The fraction of sp³-hybridized carbons (Fsp3) is 0.429. The lowest BCUT2D eigenvalue weighted by molar-refractivity contribution is -0.0150. The second-order valence-corrected chi connectivity index (χ2v) is 6.85. The predicted molar refractivity (Wildman–Crippen MR) is 102 cm³/mol. The van der Waals surface area contributed by atoms with Crippen LogP contribution in [0.2, 0.25) is 0 Å². The molecule has 140 valence electrons. The van der Waals surface area contributed by atoms with Crippen molar-refractivity contribution < 1.29 is 14.2 Å². The molecule has 0 heterocycles. The standard InChI is InChI=1S/C21H27FN2O2/c1-24(17-6-3-2-4-7-17)15-14-23-19-8-5-9-20(21(19)25)26-18-12-10-16(22)11-13-18/h2-4,6-7,10-13,19-21,23,25H,5,8-9,14-15H2,1H3/t19-,20+,21+/m0/s1. The Balaban J connectivity index is 1.48. The monoisotopic (exact) mass is 358 g/mol. The third-order valence-corrected chi connectivity index (χ3v) is 4.95. The van der Waals surface area contributed by atoms with Crippen molar-refractivity contribution in [1.29, 1.82) is 0 Å². The first-order chi connectivity index (χ1) is 12.6. The van der Waals surface area contributed by atoms with Gasteiger partial charge in [-0.1, -0.05) is 18.2 Å². The number of anilines is 1. The molecule has 1 saturated carbocycles. The van der Waals surface area contributed by atoms with Crippen LogP contribution in [-0.2, 0) is 0 Å². The zero-order valence-electron chi connectivity index (χ0n) is 15.1. The molecule has 1 aliphatic rings. The van der Waals surface area contributed by atoms with Gasteiger partial charge in [-0.15, -0.1) is 0 Å². The number of aliphatic hydroxyl groups excluding tert-OH is 1. The molecule has 1 aliphatic carbocycles. The molecule has 0 spiro atoms. The number of nitrogens with zero attached hydrogens (tertiary/aromatic N) is 1. The number of nitrogens with one attached hydrogen (secondary N) is 1. The van der Waals surface area contributed by atoms with E-state index < -0.39 is 6.10 Å². The van der Waals surface area contributed by atoms with Crippen molar-refractivity contribution in [2.24, 2.45) is 0 Å². The van der Waals surface area contributed by atoms with E-state index in [0.717, 1.165) is 32.4 Å². The number of likely N-dealkylation sites (N-methyl/N-ethyl adjacent to an activating group) is 1. The van der Waals surface area contributed by atoms with Gasteiger partial charge in [0, 0.05) is 31.9 Å². The second kappa shape index (κ2) is 9.01. The lowest BCUT2D eigenvalue weighted by atomic mass is 9.90. The van der Waals surface area contributed by atoms with Crippen LogP contribution in [0.4, 0.5) is 10.1 Å². The summed E-state index contributed by atoms with van der Waals surface area (Å²) in [6, 6.07) is 16.2. The van der Waals surface area contributed by atoms with E-state index in [0.29, 0.717) is 5.75 Å². The number of ether oxygens (including phenoxy) is 1. The molecule has 0 unspecified atom stereocenters. The van der Waals surface area contributed by atoms with Gasteiger partial charge in [-0.2, -0.15) is 0 Å². The largest absolute Gasteiger partial charge is 0.488 e. The van der Waals surface area contributed by atoms with Crippen LogP contribution in [0.5, 0.6) is 5.75 Å². The predicted octanol–water partition coefficient (Wildman–Crippen LogP) is 3.21. The highest BCUT2D eigenvalue weighted by Gasteiger charge is 2.33. The van der Waals surface area contributed by atoms with E-state index in [1.807, 2.05) is 18.2 Å². The lowest BCUT2D eigenvalue weighted by Gasteiger charge is -2.35. The summed E-state index contributed by atoms with van der Waals surface area (Å²) in [4.78, 5) is 2.19. The van der Waals surface area contributed by atoms with Crippen molar-refractivity contribution in [3.8, 4) is 5.75 Å². The molecule has 2 N–H and O–H groups in total. The SMILES string of the molecule is CN(CCN[C@H]1CCC[C@@H](Oc2ccc(F)cc2)[C@@H]1O)c1ccccc1. The number of aliphatic hydroxyl groups is 1. The molecule has 5 heteroatoms. The number of benzene rings is 2. The summed E-state index contributed by atoms with van der Waals surface area (Å²) >= 11 is 0. The zero-order chi connectivity index (χ0) is 18.4. The average molecular weight is 358 g/mol. The summed E-state index contributed by atoms with van der Waals surface area (Å²) in [5.41, 5.74) is 1.18. The molecule has 0 aliphatic heterocycles. The van der Waals surface area contributed by atoms with Crippen molar-refractivity contribution in [1.82, 2.24) is 5.32 Å². The van der Waals surface area contributed by atoms with Gasteiger partial charge in [0.15, 0.2) is 0 Å². The first-order valence-electron chi connectivity index (χ1n) is 9.23. The molecule has 0 aromatic heterocycles. The van der Waals surface area contributed by atoms with Gasteiger partial charge in [0.25, 0.3) is 0 Å². The summed E-state index contributed by atoms with van der Waals surface area (Å²) < 4.78 is 18.9. The topological polar surface area (TPSA) is 44.7 Å². The minimum atomic E-state index is -0.573. The quantitative estimate of drug-likeness (QED) is 0.798. The Hall–Kier alpha value is -2.11. The van der Waals surface area contributed by atoms with E-state index in [1.165, 1.54) is 17.8 Å². The number of hydrogen-bond donors (Lipinski definition) is 2. The van der Waals surface area contributed by atoms with Gasteiger partial charge in [-0.25, -0.2) is 4.39 Å². The van der Waals surface area contributed by atoms with Gasteiger partial charge in [-0.3, -0.25) is 0 Å². The van der Waals surface area contributed by atoms with Crippen molar-refractivity contribution in [3.63, 3.8) is 0 Å². The molecular weight excluding hydrogens is 331 g/mol. The van der Waals surface area contributed by atoms with Gasteiger partial charge in [-0.05, 0) is 55.7 Å². The number of halogens is 1. The lowest BCUT2D eigenvalue weighted by Crippen LogP contribution is -2.52. The van der Waals surface area contributed by atoms with Crippen LogP contribution in [-0.4, -0.2) is 43.5 Å². The van der Waals surface area contributed by atoms with Crippen LogP contribution in [0.15, 0.2) is 54.6 Å².